The number of carbonyl (C=O) groups excluding carboxylic acids is 1. The Bertz CT molecular complexity index is 582. The normalized spacial score (nSPS) is 12.3. The first kappa shape index (κ1) is 20.7. The Morgan fingerprint density at radius 3 is 2.48 bits per heavy atom. The van der Waals surface area contributed by atoms with Gasteiger partial charge in [-0.2, -0.15) is 0 Å². The molecule has 0 aliphatic carbocycles. The highest BCUT2D eigenvalue weighted by Crippen LogP contribution is 2.29. The lowest BCUT2D eigenvalue weighted by Crippen LogP contribution is -2.56. The minimum absolute atomic E-state index is 0.0716. The third-order valence-corrected chi connectivity index (χ3v) is 3.74. The zero-order chi connectivity index (χ0) is 17.6. The topological polar surface area (TPSA) is 62.4 Å². The number of benzene rings is 1. The molecule has 0 aromatic heterocycles. The van der Waals surface area contributed by atoms with E-state index in [1.54, 1.807) is 19.1 Å². The molecule has 1 aromatic carbocycles. The van der Waals surface area contributed by atoms with Crippen molar-refractivity contribution in [2.24, 2.45) is 0 Å². The first-order valence-corrected chi connectivity index (χ1v) is 8.46. The predicted molar refractivity (Wildman–Crippen MR) is 100 cm³/mol. The van der Waals surface area contributed by atoms with E-state index in [-0.39, 0.29) is 11.7 Å². The van der Waals surface area contributed by atoms with Gasteiger partial charge >= 0.3 is 6.09 Å². The van der Waals surface area contributed by atoms with Gasteiger partial charge in [0, 0.05) is 5.02 Å². The number of hydrogen-bond acceptors (Lipinski definition) is 3. The van der Waals surface area contributed by atoms with E-state index < -0.39 is 16.1 Å². The third-order valence-electron chi connectivity index (χ3n) is 2.32. The minimum atomic E-state index is -1.87. The number of amides is 1. The molecule has 0 saturated heterocycles. The second-order valence-corrected chi connectivity index (χ2v) is 7.68. The number of nitrogens with one attached hydrogen (secondary N) is 3. The van der Waals surface area contributed by atoms with E-state index in [1.165, 1.54) is 6.07 Å². The highest BCUT2D eigenvalue weighted by Gasteiger charge is 2.35. The molecule has 0 spiro atoms. The van der Waals surface area contributed by atoms with Crippen molar-refractivity contribution in [2.75, 3.05) is 11.9 Å². The molecule has 5 nitrogen and oxygen atoms in total. The third kappa shape index (κ3) is 7.37. The number of halogens is 5. The molecular formula is C12H12Cl5N3O2S. The summed E-state index contributed by atoms with van der Waals surface area (Å²) in [5.41, 5.74) is 0.493. The molecule has 128 valence electrons. The number of rotatable bonds is 4. The van der Waals surface area contributed by atoms with Crippen LogP contribution in [0.5, 0.6) is 0 Å². The second-order valence-electron chi connectivity index (χ2n) is 4.06. The van der Waals surface area contributed by atoms with Crippen molar-refractivity contribution in [1.82, 2.24) is 10.6 Å². The zero-order valence-corrected chi connectivity index (χ0v) is 16.2. The van der Waals surface area contributed by atoms with Crippen molar-refractivity contribution in [3.8, 4) is 0 Å². The lowest BCUT2D eigenvalue weighted by atomic mass is 10.3. The lowest BCUT2D eigenvalue weighted by Gasteiger charge is -2.27. The zero-order valence-electron chi connectivity index (χ0n) is 11.6. The molecule has 0 unspecified atom stereocenters. The Hall–Kier alpha value is -0.370. The summed E-state index contributed by atoms with van der Waals surface area (Å²) >= 11 is 34.4. The summed E-state index contributed by atoms with van der Waals surface area (Å²) in [6.45, 7) is 1.81. The van der Waals surface area contributed by atoms with E-state index >= 15 is 0 Å². The van der Waals surface area contributed by atoms with Gasteiger partial charge in [-0.05, 0) is 37.3 Å². The smallest absolute Gasteiger partial charge is 0.408 e. The Labute approximate surface area is 163 Å². The number of alkyl halides is 3. The Morgan fingerprint density at radius 1 is 1.30 bits per heavy atom. The molecule has 1 rings (SSSR count). The van der Waals surface area contributed by atoms with Gasteiger partial charge in [0.25, 0.3) is 0 Å². The van der Waals surface area contributed by atoms with Crippen LogP contribution in [0.25, 0.3) is 0 Å². The largest absolute Gasteiger partial charge is 0.450 e. The molecule has 0 aliphatic rings. The molecule has 3 N–H and O–H groups in total. The Morgan fingerprint density at radius 2 is 1.96 bits per heavy atom. The maximum absolute atomic E-state index is 11.5. The van der Waals surface area contributed by atoms with Gasteiger partial charge in [-0.25, -0.2) is 4.79 Å². The van der Waals surface area contributed by atoms with Crippen LogP contribution < -0.4 is 16.0 Å². The van der Waals surface area contributed by atoms with Crippen LogP contribution in [-0.2, 0) is 4.74 Å². The number of thiocarbonyl (C=S) groups is 1. The molecule has 0 heterocycles. The first-order chi connectivity index (χ1) is 10.6. The van der Waals surface area contributed by atoms with E-state index in [9.17, 15) is 4.79 Å². The molecule has 1 atom stereocenters. The van der Waals surface area contributed by atoms with Crippen molar-refractivity contribution < 1.29 is 9.53 Å². The fourth-order valence-corrected chi connectivity index (χ4v) is 2.38. The molecule has 1 aromatic rings. The van der Waals surface area contributed by atoms with Gasteiger partial charge in [0.1, 0.15) is 0 Å². The second kappa shape index (κ2) is 9.20. The van der Waals surface area contributed by atoms with Crippen molar-refractivity contribution in [1.29, 1.82) is 0 Å². The van der Waals surface area contributed by atoms with Crippen molar-refractivity contribution >= 4 is 87.1 Å². The lowest BCUT2D eigenvalue weighted by molar-refractivity contribution is 0.147. The maximum Gasteiger partial charge on any atom is 0.408 e. The van der Waals surface area contributed by atoms with Crippen LogP contribution >= 0.6 is 70.2 Å². The fourth-order valence-electron chi connectivity index (χ4n) is 1.37. The van der Waals surface area contributed by atoms with Crippen LogP contribution in [-0.4, -0.2) is 27.8 Å². The summed E-state index contributed by atoms with van der Waals surface area (Å²) in [6.07, 6.45) is -1.89. The molecule has 0 saturated carbocycles. The number of alkyl carbamates (subject to hydrolysis) is 1. The van der Waals surface area contributed by atoms with Crippen molar-refractivity contribution in [2.45, 2.75) is 16.9 Å². The average Bonchev–Trinajstić information content (AvgIpc) is 2.40. The highest BCUT2D eigenvalue weighted by molar-refractivity contribution is 7.80. The van der Waals surface area contributed by atoms with Crippen LogP contribution in [0.2, 0.25) is 10.0 Å². The van der Waals surface area contributed by atoms with Gasteiger partial charge in [-0.3, -0.25) is 5.32 Å². The quantitative estimate of drug-likeness (QED) is 0.360. The van der Waals surface area contributed by atoms with Crippen LogP contribution in [0.15, 0.2) is 18.2 Å². The summed E-state index contributed by atoms with van der Waals surface area (Å²) in [6, 6.07) is 4.79. The van der Waals surface area contributed by atoms with E-state index in [0.717, 1.165) is 0 Å². The number of hydrogen-bond donors (Lipinski definition) is 3. The SMILES string of the molecule is CCOC(=O)N[C@@H](NC(=S)Nc1ccc(Cl)cc1Cl)C(Cl)(Cl)Cl. The van der Waals surface area contributed by atoms with Gasteiger partial charge in [0.05, 0.1) is 17.3 Å². The van der Waals surface area contributed by atoms with Crippen LogP contribution in [0.4, 0.5) is 10.5 Å². The van der Waals surface area contributed by atoms with E-state index in [0.29, 0.717) is 15.7 Å². The van der Waals surface area contributed by atoms with Crippen molar-refractivity contribution in [3.05, 3.63) is 28.2 Å². The molecule has 0 fully saturated rings. The molecule has 0 radical (unpaired) electrons. The predicted octanol–water partition coefficient (Wildman–Crippen LogP) is 4.72. The molecule has 1 amide bonds. The van der Waals surface area contributed by atoms with E-state index in [2.05, 4.69) is 16.0 Å². The highest BCUT2D eigenvalue weighted by atomic mass is 35.6. The first-order valence-electron chi connectivity index (χ1n) is 6.16. The summed E-state index contributed by atoms with van der Waals surface area (Å²) < 4.78 is 2.86. The molecule has 0 aliphatic heterocycles. The van der Waals surface area contributed by atoms with Gasteiger partial charge in [0.2, 0.25) is 3.79 Å². The van der Waals surface area contributed by atoms with Crippen LogP contribution in [0.3, 0.4) is 0 Å². The van der Waals surface area contributed by atoms with Gasteiger partial charge in [0.15, 0.2) is 11.3 Å². The number of ether oxygens (including phenoxy) is 1. The standard InChI is InChI=1S/C12H12Cl5N3O2S/c1-2-22-11(21)20-9(12(15,16)17)19-10(23)18-8-4-3-6(13)5-7(8)14/h3-5,9H,2H2,1H3,(H,20,21)(H2,18,19,23)/t9-/m1/s1. The van der Waals surface area contributed by atoms with E-state index in [4.69, 9.17) is 75.0 Å². The van der Waals surface area contributed by atoms with Crippen LogP contribution in [0, 0.1) is 0 Å². The van der Waals surface area contributed by atoms with Gasteiger partial charge in [-0.1, -0.05) is 58.0 Å². The number of anilines is 1. The molecule has 23 heavy (non-hydrogen) atoms. The van der Waals surface area contributed by atoms with E-state index in [1.807, 2.05) is 0 Å². The monoisotopic (exact) mass is 437 g/mol. The minimum Gasteiger partial charge on any atom is -0.450 e. The molecular weight excluding hydrogens is 427 g/mol. The van der Waals surface area contributed by atoms with Crippen LogP contribution in [0.1, 0.15) is 6.92 Å². The number of carbonyl (C=O) groups is 1. The summed E-state index contributed by atoms with van der Waals surface area (Å²) in [4.78, 5) is 11.5. The summed E-state index contributed by atoms with van der Waals surface area (Å²) in [5, 5.41) is 8.71. The molecule has 11 heteroatoms. The Kier molecular flexibility index (Phi) is 8.27. The maximum atomic E-state index is 11.5. The average molecular weight is 440 g/mol. The summed E-state index contributed by atoms with van der Waals surface area (Å²) in [5.74, 6) is 0. The van der Waals surface area contributed by atoms with Gasteiger partial charge < -0.3 is 15.4 Å². The fraction of sp³-hybridized carbons (Fsp3) is 0.333. The summed E-state index contributed by atoms with van der Waals surface area (Å²) in [7, 11) is 0. The van der Waals surface area contributed by atoms with Crippen molar-refractivity contribution in [3.63, 3.8) is 0 Å². The molecule has 0 bridgehead atoms. The Balaban J connectivity index is 2.75. The van der Waals surface area contributed by atoms with Gasteiger partial charge in [-0.15, -0.1) is 0 Å².